The van der Waals surface area contributed by atoms with Gasteiger partial charge in [-0.05, 0) is 120 Å². The fraction of sp³-hybridized carbons (Fsp3) is 0.0357. The molecular weight excluding hydrogens is 687 g/mol. The van der Waals surface area contributed by atoms with E-state index in [1.807, 2.05) is 0 Å². The fourth-order valence-electron chi connectivity index (χ4n) is 9.99. The van der Waals surface area contributed by atoms with Crippen LogP contribution in [0.2, 0.25) is 0 Å². The van der Waals surface area contributed by atoms with Crippen molar-refractivity contribution >= 4 is 21.8 Å². The Morgan fingerprint density at radius 3 is 1.49 bits per heavy atom. The number of aromatic nitrogens is 1. The van der Waals surface area contributed by atoms with Crippen LogP contribution < -0.4 is 0 Å². The Labute approximate surface area is 332 Å². The van der Waals surface area contributed by atoms with Crippen LogP contribution in [0.1, 0.15) is 45.2 Å². The summed E-state index contributed by atoms with van der Waals surface area (Å²) in [4.78, 5) is 0. The van der Waals surface area contributed by atoms with Crippen LogP contribution in [0.3, 0.4) is 0 Å². The molecule has 1 aromatic heterocycles. The van der Waals surface area contributed by atoms with E-state index >= 15 is 0 Å². The average molecular weight is 724 g/mol. The van der Waals surface area contributed by atoms with Crippen molar-refractivity contribution in [3.8, 4) is 50.2 Å². The SMILES string of the molecule is c1ccc(-c2ccc(C3c4ccccc4-c4cc(-c5ccc6c(c5)c5cc7c(cc5n6-c5ccccc5)C(c5ccccc5)c5ccccc5-7)ccc43)cc2)cc1. The molecule has 2 aliphatic carbocycles. The Bertz CT molecular complexity index is 3150. The van der Waals surface area contributed by atoms with Gasteiger partial charge in [-0.1, -0.05) is 170 Å². The van der Waals surface area contributed by atoms with Gasteiger partial charge >= 0.3 is 0 Å². The molecule has 9 aromatic carbocycles. The van der Waals surface area contributed by atoms with Crippen molar-refractivity contribution < 1.29 is 0 Å². The first-order valence-corrected chi connectivity index (χ1v) is 20.0. The summed E-state index contributed by atoms with van der Waals surface area (Å²) in [6, 6.07) is 78.8. The van der Waals surface area contributed by atoms with Crippen molar-refractivity contribution in [2.45, 2.75) is 11.8 Å². The van der Waals surface area contributed by atoms with Gasteiger partial charge in [-0.25, -0.2) is 0 Å². The van der Waals surface area contributed by atoms with Crippen molar-refractivity contribution in [1.82, 2.24) is 4.57 Å². The third-order valence-corrected chi connectivity index (χ3v) is 12.6. The van der Waals surface area contributed by atoms with E-state index in [9.17, 15) is 0 Å². The van der Waals surface area contributed by atoms with Gasteiger partial charge in [-0.15, -0.1) is 0 Å². The maximum Gasteiger partial charge on any atom is 0.0544 e. The molecule has 12 rings (SSSR count). The molecule has 2 aliphatic rings. The topological polar surface area (TPSA) is 4.93 Å². The van der Waals surface area contributed by atoms with Crippen LogP contribution in [0.4, 0.5) is 0 Å². The highest BCUT2D eigenvalue weighted by Crippen LogP contribution is 2.52. The fourth-order valence-corrected chi connectivity index (χ4v) is 9.99. The van der Waals surface area contributed by atoms with E-state index in [0.717, 1.165) is 0 Å². The average Bonchev–Trinajstić information content (AvgIpc) is 3.91. The number of fused-ring (bicyclic) bond motifs is 9. The lowest BCUT2D eigenvalue weighted by Crippen LogP contribution is -2.00. The van der Waals surface area contributed by atoms with Crippen molar-refractivity contribution in [2.75, 3.05) is 0 Å². The van der Waals surface area contributed by atoms with Gasteiger partial charge in [-0.3, -0.25) is 0 Å². The lowest BCUT2D eigenvalue weighted by molar-refractivity contribution is 1.01. The van der Waals surface area contributed by atoms with Crippen LogP contribution in [-0.2, 0) is 0 Å². The van der Waals surface area contributed by atoms with Crippen molar-refractivity contribution in [3.05, 3.63) is 246 Å². The van der Waals surface area contributed by atoms with Gasteiger partial charge in [0.2, 0.25) is 0 Å². The number of para-hydroxylation sites is 1. The number of hydrogen-bond donors (Lipinski definition) is 0. The Kier molecular flexibility index (Phi) is 7.12. The molecule has 1 heteroatoms. The number of rotatable bonds is 5. The maximum absolute atomic E-state index is 2.48. The van der Waals surface area contributed by atoms with E-state index in [1.165, 1.54) is 105 Å². The van der Waals surface area contributed by atoms with Crippen molar-refractivity contribution in [2.24, 2.45) is 0 Å². The summed E-state index contributed by atoms with van der Waals surface area (Å²) in [5, 5.41) is 2.55. The molecule has 57 heavy (non-hydrogen) atoms. The number of hydrogen-bond acceptors (Lipinski definition) is 0. The second kappa shape index (κ2) is 12.7. The molecule has 0 N–H and O–H groups in total. The van der Waals surface area contributed by atoms with Gasteiger partial charge in [0, 0.05) is 28.3 Å². The zero-order valence-electron chi connectivity index (χ0n) is 31.3. The van der Waals surface area contributed by atoms with Gasteiger partial charge in [0.05, 0.1) is 11.0 Å². The van der Waals surface area contributed by atoms with Crippen LogP contribution >= 0.6 is 0 Å². The lowest BCUT2D eigenvalue weighted by Gasteiger charge is -2.15. The van der Waals surface area contributed by atoms with Crippen molar-refractivity contribution in [3.63, 3.8) is 0 Å². The molecule has 0 fully saturated rings. The van der Waals surface area contributed by atoms with Gasteiger partial charge in [0.15, 0.2) is 0 Å². The van der Waals surface area contributed by atoms with E-state index in [4.69, 9.17) is 0 Å². The minimum absolute atomic E-state index is 0.194. The van der Waals surface area contributed by atoms with Gasteiger partial charge in [0.1, 0.15) is 0 Å². The van der Waals surface area contributed by atoms with Crippen LogP contribution in [0.25, 0.3) is 72.0 Å². The zero-order valence-corrected chi connectivity index (χ0v) is 31.3. The molecule has 2 unspecified atom stereocenters. The lowest BCUT2D eigenvalue weighted by atomic mass is 9.88. The standard InChI is InChI=1S/C56H37N/c1-4-14-36(15-5-1)37-24-26-39(27-25-37)55-45-22-12-10-20-43(45)48-32-40(28-30-47(48)55)41-29-31-53-50(33-41)51-34-49-44-21-11-13-23-46(44)56(38-16-6-2-7-17-38)52(49)35-54(51)57(53)42-18-8-3-9-19-42/h1-35,55-56H. The first-order chi connectivity index (χ1) is 28.3. The predicted molar refractivity (Wildman–Crippen MR) is 237 cm³/mol. The summed E-state index contributed by atoms with van der Waals surface area (Å²) in [5.41, 5.74) is 22.1. The molecule has 0 spiro atoms. The number of nitrogens with zero attached hydrogens (tertiary/aromatic N) is 1. The molecule has 0 saturated carbocycles. The highest BCUT2D eigenvalue weighted by molar-refractivity contribution is 6.12. The first-order valence-electron chi connectivity index (χ1n) is 20.0. The van der Waals surface area contributed by atoms with Gasteiger partial charge in [0.25, 0.3) is 0 Å². The summed E-state index contributed by atoms with van der Waals surface area (Å²) in [7, 11) is 0. The van der Waals surface area contributed by atoms with Crippen LogP contribution in [0.5, 0.6) is 0 Å². The molecule has 0 radical (unpaired) electrons. The zero-order chi connectivity index (χ0) is 37.5. The van der Waals surface area contributed by atoms with E-state index in [2.05, 4.69) is 217 Å². The maximum atomic E-state index is 2.48. The quantitative estimate of drug-likeness (QED) is 0.167. The summed E-state index contributed by atoms with van der Waals surface area (Å²) in [6.07, 6.45) is 0. The molecular formula is C56H37N. The molecule has 266 valence electrons. The molecule has 2 atom stereocenters. The molecule has 0 amide bonds. The first kappa shape index (κ1) is 32.1. The Hall–Kier alpha value is -7.22. The Morgan fingerprint density at radius 2 is 0.772 bits per heavy atom. The second-order valence-corrected chi connectivity index (χ2v) is 15.6. The molecule has 0 aliphatic heterocycles. The molecule has 1 nitrogen and oxygen atoms in total. The predicted octanol–water partition coefficient (Wildman–Crippen LogP) is 14.4. The van der Waals surface area contributed by atoms with E-state index in [1.54, 1.807) is 0 Å². The highest BCUT2D eigenvalue weighted by atomic mass is 15.0. The van der Waals surface area contributed by atoms with E-state index in [-0.39, 0.29) is 11.8 Å². The summed E-state index contributed by atoms with van der Waals surface area (Å²) >= 11 is 0. The van der Waals surface area contributed by atoms with Crippen LogP contribution in [0.15, 0.2) is 212 Å². The van der Waals surface area contributed by atoms with Gasteiger partial charge in [-0.2, -0.15) is 0 Å². The number of benzene rings is 9. The molecule has 1 heterocycles. The van der Waals surface area contributed by atoms with Gasteiger partial charge < -0.3 is 4.57 Å². The smallest absolute Gasteiger partial charge is 0.0544 e. The Balaban J connectivity index is 1.02. The van der Waals surface area contributed by atoms with Crippen molar-refractivity contribution in [1.29, 1.82) is 0 Å². The second-order valence-electron chi connectivity index (χ2n) is 15.6. The third kappa shape index (κ3) is 4.95. The van der Waals surface area contributed by atoms with Crippen LogP contribution in [0, 0.1) is 0 Å². The normalized spacial score (nSPS) is 15.0. The summed E-state index contributed by atoms with van der Waals surface area (Å²) in [6.45, 7) is 0. The summed E-state index contributed by atoms with van der Waals surface area (Å²) < 4.78 is 2.46. The molecule has 0 saturated heterocycles. The largest absolute Gasteiger partial charge is 0.309 e. The minimum atomic E-state index is 0.194. The minimum Gasteiger partial charge on any atom is -0.309 e. The third-order valence-electron chi connectivity index (χ3n) is 12.6. The van der Waals surface area contributed by atoms with E-state index < -0.39 is 0 Å². The van der Waals surface area contributed by atoms with E-state index in [0.29, 0.717) is 0 Å². The molecule has 10 aromatic rings. The highest BCUT2D eigenvalue weighted by Gasteiger charge is 2.32. The summed E-state index contributed by atoms with van der Waals surface area (Å²) in [5.74, 6) is 0.394. The Morgan fingerprint density at radius 1 is 0.281 bits per heavy atom. The molecule has 0 bridgehead atoms. The monoisotopic (exact) mass is 723 g/mol. The van der Waals surface area contributed by atoms with Crippen LogP contribution in [-0.4, -0.2) is 4.57 Å².